The third kappa shape index (κ3) is 4.21. The first-order valence-corrected chi connectivity index (χ1v) is 8.19. The first-order chi connectivity index (χ1) is 9.52. The van der Waals surface area contributed by atoms with E-state index in [0.29, 0.717) is 0 Å². The molecule has 0 spiro atoms. The van der Waals surface area contributed by atoms with Gasteiger partial charge < -0.3 is 15.0 Å². The molecule has 2 rings (SSSR count). The summed E-state index contributed by atoms with van der Waals surface area (Å²) >= 11 is 3.59. The molecule has 1 aromatic carbocycles. The molecule has 1 fully saturated rings. The van der Waals surface area contributed by atoms with Crippen molar-refractivity contribution in [1.82, 2.24) is 5.32 Å². The molecule has 1 aromatic rings. The lowest BCUT2D eigenvalue weighted by molar-refractivity contribution is -0.0277. The largest absolute Gasteiger partial charge is 0.372 e. The topological polar surface area (TPSA) is 24.5 Å². The lowest BCUT2D eigenvalue weighted by Gasteiger charge is -2.40. The van der Waals surface area contributed by atoms with Gasteiger partial charge in [0.15, 0.2) is 0 Å². The number of anilines is 1. The van der Waals surface area contributed by atoms with Crippen molar-refractivity contribution in [2.75, 3.05) is 31.1 Å². The normalized spacial score (nSPS) is 18.3. The van der Waals surface area contributed by atoms with E-state index in [1.807, 2.05) is 0 Å². The molecule has 1 saturated heterocycles. The van der Waals surface area contributed by atoms with Gasteiger partial charge in [-0.15, -0.1) is 0 Å². The summed E-state index contributed by atoms with van der Waals surface area (Å²) in [4.78, 5) is 2.44. The molecule has 0 radical (unpaired) electrons. The van der Waals surface area contributed by atoms with Gasteiger partial charge in [-0.05, 0) is 44.5 Å². The number of morpholine rings is 1. The van der Waals surface area contributed by atoms with Gasteiger partial charge in [-0.3, -0.25) is 0 Å². The number of halogens is 1. The van der Waals surface area contributed by atoms with Crippen LogP contribution in [0.15, 0.2) is 22.7 Å². The van der Waals surface area contributed by atoms with Gasteiger partial charge >= 0.3 is 0 Å². The summed E-state index contributed by atoms with van der Waals surface area (Å²) in [6.07, 6.45) is 1.16. The summed E-state index contributed by atoms with van der Waals surface area (Å²) in [6, 6.07) is 6.56. The minimum Gasteiger partial charge on any atom is -0.372 e. The van der Waals surface area contributed by atoms with Crippen LogP contribution in [-0.4, -0.2) is 31.8 Å². The molecule has 20 heavy (non-hydrogen) atoms. The van der Waals surface area contributed by atoms with Crippen LogP contribution in [0.25, 0.3) is 0 Å². The zero-order valence-corrected chi connectivity index (χ0v) is 14.3. The maximum Gasteiger partial charge on any atom is 0.0801 e. The van der Waals surface area contributed by atoms with E-state index < -0.39 is 0 Å². The highest BCUT2D eigenvalue weighted by atomic mass is 79.9. The Balaban J connectivity index is 2.17. The van der Waals surface area contributed by atoms with Crippen LogP contribution in [0, 0.1) is 0 Å². The minimum absolute atomic E-state index is 0.0747. The molecule has 0 saturated carbocycles. The summed E-state index contributed by atoms with van der Waals surface area (Å²) < 4.78 is 6.95. The monoisotopic (exact) mass is 340 g/mol. The SMILES string of the molecule is CCCNCc1ccc(Br)cc1N1CCOC(C)(C)C1. The first kappa shape index (κ1) is 15.8. The lowest BCUT2D eigenvalue weighted by atomic mass is 10.0. The molecule has 1 heterocycles. The third-order valence-corrected chi connectivity index (χ3v) is 4.05. The Kier molecular flexibility index (Phi) is 5.47. The van der Waals surface area contributed by atoms with Crippen LogP contribution in [0.1, 0.15) is 32.8 Å². The molecule has 0 aromatic heterocycles. The van der Waals surface area contributed by atoms with Gasteiger partial charge in [-0.2, -0.15) is 0 Å². The second-order valence-corrected chi connectivity index (χ2v) is 6.90. The Morgan fingerprint density at radius 2 is 2.20 bits per heavy atom. The van der Waals surface area contributed by atoms with Gasteiger partial charge in [0.05, 0.1) is 12.2 Å². The van der Waals surface area contributed by atoms with Gasteiger partial charge in [0.25, 0.3) is 0 Å². The predicted octanol–water partition coefficient (Wildman–Crippen LogP) is 3.56. The average Bonchev–Trinajstić information content (AvgIpc) is 2.39. The van der Waals surface area contributed by atoms with Gasteiger partial charge in [0, 0.05) is 29.8 Å². The molecule has 4 heteroatoms. The van der Waals surface area contributed by atoms with Crippen molar-refractivity contribution in [2.24, 2.45) is 0 Å². The van der Waals surface area contributed by atoms with Gasteiger partial charge in [0.2, 0.25) is 0 Å². The number of hydrogen-bond donors (Lipinski definition) is 1. The van der Waals surface area contributed by atoms with E-state index in [0.717, 1.165) is 43.7 Å². The maximum absolute atomic E-state index is 5.82. The molecule has 0 aliphatic carbocycles. The van der Waals surface area contributed by atoms with Crippen molar-refractivity contribution in [3.05, 3.63) is 28.2 Å². The van der Waals surface area contributed by atoms with Crippen LogP contribution in [-0.2, 0) is 11.3 Å². The summed E-state index contributed by atoms with van der Waals surface area (Å²) in [7, 11) is 0. The molecule has 1 N–H and O–H groups in total. The van der Waals surface area contributed by atoms with Crippen LogP contribution in [0.5, 0.6) is 0 Å². The Bertz CT molecular complexity index is 448. The van der Waals surface area contributed by atoms with Crippen molar-refractivity contribution in [1.29, 1.82) is 0 Å². The third-order valence-electron chi connectivity index (χ3n) is 3.56. The fourth-order valence-electron chi connectivity index (χ4n) is 2.60. The molecular weight excluding hydrogens is 316 g/mol. The fourth-order valence-corrected chi connectivity index (χ4v) is 2.95. The molecule has 1 aliphatic rings. The number of nitrogens with zero attached hydrogens (tertiary/aromatic N) is 1. The van der Waals surface area contributed by atoms with E-state index in [1.165, 1.54) is 11.3 Å². The van der Waals surface area contributed by atoms with Crippen LogP contribution < -0.4 is 10.2 Å². The average molecular weight is 341 g/mol. The van der Waals surface area contributed by atoms with Crippen LogP contribution in [0.2, 0.25) is 0 Å². The van der Waals surface area contributed by atoms with Crippen molar-refractivity contribution < 1.29 is 4.74 Å². The number of rotatable bonds is 5. The molecule has 0 amide bonds. The summed E-state index contributed by atoms with van der Waals surface area (Å²) in [6.45, 7) is 11.2. The zero-order chi connectivity index (χ0) is 14.6. The number of hydrogen-bond acceptors (Lipinski definition) is 3. The van der Waals surface area contributed by atoms with E-state index >= 15 is 0 Å². The zero-order valence-electron chi connectivity index (χ0n) is 12.7. The molecular formula is C16H25BrN2O. The van der Waals surface area contributed by atoms with Crippen molar-refractivity contribution >= 4 is 21.6 Å². The molecule has 112 valence electrons. The fraction of sp³-hybridized carbons (Fsp3) is 0.625. The van der Waals surface area contributed by atoms with Crippen LogP contribution in [0.4, 0.5) is 5.69 Å². The lowest BCUT2D eigenvalue weighted by Crippen LogP contribution is -2.48. The van der Waals surface area contributed by atoms with Gasteiger partial charge in [0.1, 0.15) is 0 Å². The summed E-state index contributed by atoms with van der Waals surface area (Å²) in [5.41, 5.74) is 2.60. The molecule has 3 nitrogen and oxygen atoms in total. The Labute approximate surface area is 130 Å². The predicted molar refractivity (Wildman–Crippen MR) is 88.4 cm³/mol. The molecule has 0 unspecified atom stereocenters. The van der Waals surface area contributed by atoms with E-state index in [9.17, 15) is 0 Å². The van der Waals surface area contributed by atoms with Crippen molar-refractivity contribution in [3.63, 3.8) is 0 Å². The molecule has 1 aliphatic heterocycles. The number of nitrogens with one attached hydrogen (secondary N) is 1. The standard InChI is InChI=1S/C16H25BrN2O/c1-4-7-18-11-13-5-6-14(17)10-15(13)19-8-9-20-16(2,3)12-19/h5-6,10,18H,4,7-9,11-12H2,1-3H3. The number of benzene rings is 1. The molecule has 0 bridgehead atoms. The number of ether oxygens (including phenoxy) is 1. The smallest absolute Gasteiger partial charge is 0.0801 e. The second-order valence-electron chi connectivity index (χ2n) is 5.98. The first-order valence-electron chi connectivity index (χ1n) is 7.40. The minimum atomic E-state index is -0.0747. The van der Waals surface area contributed by atoms with E-state index in [1.54, 1.807) is 0 Å². The Morgan fingerprint density at radius 1 is 1.40 bits per heavy atom. The second kappa shape index (κ2) is 6.92. The van der Waals surface area contributed by atoms with Crippen molar-refractivity contribution in [3.8, 4) is 0 Å². The highest BCUT2D eigenvalue weighted by Gasteiger charge is 2.28. The summed E-state index contributed by atoms with van der Waals surface area (Å²) in [5, 5.41) is 3.50. The Hall–Kier alpha value is -0.580. The van der Waals surface area contributed by atoms with Gasteiger partial charge in [-0.25, -0.2) is 0 Å². The summed E-state index contributed by atoms with van der Waals surface area (Å²) in [5.74, 6) is 0. The highest BCUT2D eigenvalue weighted by molar-refractivity contribution is 9.10. The van der Waals surface area contributed by atoms with E-state index in [-0.39, 0.29) is 5.60 Å². The maximum atomic E-state index is 5.82. The highest BCUT2D eigenvalue weighted by Crippen LogP contribution is 2.29. The quantitative estimate of drug-likeness (QED) is 0.829. The van der Waals surface area contributed by atoms with E-state index in [2.05, 4.69) is 65.1 Å². The van der Waals surface area contributed by atoms with Crippen LogP contribution in [0.3, 0.4) is 0 Å². The van der Waals surface area contributed by atoms with E-state index in [4.69, 9.17) is 4.74 Å². The van der Waals surface area contributed by atoms with Crippen LogP contribution >= 0.6 is 15.9 Å². The van der Waals surface area contributed by atoms with Gasteiger partial charge in [-0.1, -0.05) is 28.9 Å². The molecule has 0 atom stereocenters. The Morgan fingerprint density at radius 3 is 2.90 bits per heavy atom. The van der Waals surface area contributed by atoms with Crippen molar-refractivity contribution in [2.45, 2.75) is 39.3 Å².